The second-order valence-electron chi connectivity index (χ2n) is 5.65. The number of allylic oxidation sites excluding steroid dienone is 1. The molecule has 0 radical (unpaired) electrons. The third-order valence-corrected chi connectivity index (χ3v) is 4.09. The Morgan fingerprint density at radius 3 is 2.67 bits per heavy atom. The van der Waals surface area contributed by atoms with Gasteiger partial charge in [0.05, 0.1) is 12.0 Å². The van der Waals surface area contributed by atoms with Crippen LogP contribution in [0.15, 0.2) is 43.0 Å². The van der Waals surface area contributed by atoms with E-state index in [1.54, 1.807) is 0 Å². The first kappa shape index (κ1) is 20.0. The quantitative estimate of drug-likeness (QED) is 0.765. The molecule has 1 unspecified atom stereocenters. The third kappa shape index (κ3) is 4.72. The van der Waals surface area contributed by atoms with Crippen LogP contribution < -0.4 is 5.73 Å². The summed E-state index contributed by atoms with van der Waals surface area (Å²) in [6, 6.07) is 8.38. The highest BCUT2D eigenvalue weighted by atomic mass is 35.5. The molecule has 3 atom stereocenters. The van der Waals surface area contributed by atoms with Crippen LogP contribution in [0.25, 0.3) is 0 Å². The highest BCUT2D eigenvalue weighted by Gasteiger charge is 2.43. The van der Waals surface area contributed by atoms with E-state index in [1.165, 1.54) is 11.0 Å². The zero-order valence-corrected chi connectivity index (χ0v) is 14.2. The van der Waals surface area contributed by atoms with E-state index in [2.05, 4.69) is 6.58 Å². The molecular formula is C17H23ClN2O4. The minimum Gasteiger partial charge on any atom is -0.481 e. The molecule has 24 heavy (non-hydrogen) atoms. The van der Waals surface area contributed by atoms with Crippen LogP contribution in [0.4, 0.5) is 4.79 Å². The van der Waals surface area contributed by atoms with E-state index in [9.17, 15) is 14.7 Å². The normalized spacial score (nSPS) is 20.8. The number of aliphatic carboxylic acids is 1. The molecule has 0 spiro atoms. The fourth-order valence-electron chi connectivity index (χ4n) is 2.94. The summed E-state index contributed by atoms with van der Waals surface area (Å²) in [4.78, 5) is 25.3. The van der Waals surface area contributed by atoms with Crippen LogP contribution in [0.2, 0.25) is 0 Å². The van der Waals surface area contributed by atoms with Crippen molar-refractivity contribution in [2.75, 3.05) is 6.54 Å². The van der Waals surface area contributed by atoms with E-state index >= 15 is 0 Å². The van der Waals surface area contributed by atoms with Crippen molar-refractivity contribution in [2.24, 2.45) is 11.7 Å². The Bertz CT molecular complexity index is 567. The van der Waals surface area contributed by atoms with E-state index < -0.39 is 24.0 Å². The van der Waals surface area contributed by atoms with Gasteiger partial charge in [-0.15, -0.1) is 19.0 Å². The number of carbonyl (C=O) groups excluding carboxylic acids is 1. The maximum Gasteiger partial charge on any atom is 0.410 e. The van der Waals surface area contributed by atoms with Gasteiger partial charge in [0.25, 0.3) is 0 Å². The number of carboxylic acid groups (broad SMARTS) is 1. The van der Waals surface area contributed by atoms with Crippen molar-refractivity contribution in [1.82, 2.24) is 4.90 Å². The van der Waals surface area contributed by atoms with E-state index in [0.29, 0.717) is 13.0 Å². The van der Waals surface area contributed by atoms with Gasteiger partial charge in [-0.2, -0.15) is 0 Å². The molecule has 7 heteroatoms. The van der Waals surface area contributed by atoms with Gasteiger partial charge in [0, 0.05) is 12.6 Å². The Morgan fingerprint density at radius 2 is 2.08 bits per heavy atom. The summed E-state index contributed by atoms with van der Waals surface area (Å²) < 4.78 is 5.31. The molecule has 3 N–H and O–H groups in total. The smallest absolute Gasteiger partial charge is 0.410 e. The lowest BCUT2D eigenvalue weighted by molar-refractivity contribution is -0.143. The number of rotatable bonds is 6. The summed E-state index contributed by atoms with van der Waals surface area (Å²) in [7, 11) is 0. The number of hydrogen-bond acceptors (Lipinski definition) is 4. The van der Waals surface area contributed by atoms with Gasteiger partial charge >= 0.3 is 12.1 Å². The summed E-state index contributed by atoms with van der Waals surface area (Å²) in [6.07, 6.45) is 1.83. The van der Waals surface area contributed by atoms with Crippen molar-refractivity contribution in [3.63, 3.8) is 0 Å². The monoisotopic (exact) mass is 354 g/mol. The van der Waals surface area contributed by atoms with Gasteiger partial charge in [-0.05, 0) is 18.4 Å². The standard InChI is InChI=1S/C17H22N2O4.ClH/c1-2-6-13(16(20)21)15-14(18)9-10-19(15)17(22)23-11-12-7-4-3-5-8-12;/h2-5,7-8,13-15H,1,6,9-11,18H2,(H,20,21);1H/t13?,14-,15+;/m0./s1. The van der Waals surface area contributed by atoms with Gasteiger partial charge in [0.1, 0.15) is 6.61 Å². The Labute approximate surface area is 147 Å². The number of benzene rings is 1. The number of ether oxygens (including phenoxy) is 1. The van der Waals surface area contributed by atoms with Gasteiger partial charge < -0.3 is 20.5 Å². The summed E-state index contributed by atoms with van der Waals surface area (Å²) in [5.41, 5.74) is 6.91. The number of likely N-dealkylation sites (tertiary alicyclic amines) is 1. The zero-order valence-electron chi connectivity index (χ0n) is 13.3. The number of carboxylic acids is 1. The van der Waals surface area contributed by atoms with Gasteiger partial charge in [0.15, 0.2) is 0 Å². The van der Waals surface area contributed by atoms with Gasteiger partial charge in [0.2, 0.25) is 0 Å². The molecule has 1 aromatic carbocycles. The number of nitrogens with two attached hydrogens (primary N) is 1. The summed E-state index contributed by atoms with van der Waals surface area (Å²) >= 11 is 0. The SMILES string of the molecule is C=CCC(C(=O)O)[C@@H]1[C@@H](N)CCN1C(=O)OCc1ccccc1.Cl. The first-order valence-corrected chi connectivity index (χ1v) is 7.61. The Kier molecular flexibility index (Phi) is 7.74. The van der Waals surface area contributed by atoms with Gasteiger partial charge in [-0.1, -0.05) is 36.4 Å². The first-order chi connectivity index (χ1) is 11.0. The molecule has 1 saturated heterocycles. The average Bonchev–Trinajstić information content (AvgIpc) is 2.92. The highest BCUT2D eigenvalue weighted by molar-refractivity contribution is 5.85. The molecule has 1 aliphatic rings. The second kappa shape index (κ2) is 9.30. The number of halogens is 1. The Balaban J connectivity index is 0.00000288. The number of amides is 1. The van der Waals surface area contributed by atoms with Crippen molar-refractivity contribution in [3.05, 3.63) is 48.6 Å². The maximum absolute atomic E-state index is 12.3. The molecule has 0 aromatic heterocycles. The molecule has 0 bridgehead atoms. The minimum atomic E-state index is -0.979. The number of nitrogens with zero attached hydrogens (tertiary/aromatic N) is 1. The molecule has 1 fully saturated rings. The highest BCUT2D eigenvalue weighted by Crippen LogP contribution is 2.27. The van der Waals surface area contributed by atoms with Crippen molar-refractivity contribution >= 4 is 24.5 Å². The predicted molar refractivity (Wildman–Crippen MR) is 92.9 cm³/mol. The fraction of sp³-hybridized carbons (Fsp3) is 0.412. The predicted octanol–water partition coefficient (Wildman–Crippen LogP) is 2.42. The van der Waals surface area contributed by atoms with Crippen LogP contribution in [-0.2, 0) is 16.1 Å². The van der Waals surface area contributed by atoms with Crippen molar-refractivity contribution in [2.45, 2.75) is 31.5 Å². The lowest BCUT2D eigenvalue weighted by Crippen LogP contribution is -2.49. The molecule has 2 rings (SSSR count). The number of hydrogen-bond donors (Lipinski definition) is 2. The summed E-state index contributed by atoms with van der Waals surface area (Å²) in [5, 5.41) is 9.41. The van der Waals surface area contributed by atoms with Crippen LogP contribution in [-0.4, -0.2) is 40.7 Å². The van der Waals surface area contributed by atoms with Crippen LogP contribution >= 0.6 is 12.4 Å². The second-order valence-corrected chi connectivity index (χ2v) is 5.65. The Hall–Kier alpha value is -2.05. The van der Waals surface area contributed by atoms with E-state index in [1.807, 2.05) is 30.3 Å². The molecule has 1 aliphatic heterocycles. The molecule has 1 aromatic rings. The maximum atomic E-state index is 12.3. The summed E-state index contributed by atoms with van der Waals surface area (Å²) in [6.45, 7) is 4.14. The fourth-order valence-corrected chi connectivity index (χ4v) is 2.94. The summed E-state index contributed by atoms with van der Waals surface area (Å²) in [5.74, 6) is -1.75. The van der Waals surface area contributed by atoms with Gasteiger partial charge in [-0.25, -0.2) is 4.79 Å². The van der Waals surface area contributed by atoms with Crippen molar-refractivity contribution in [3.8, 4) is 0 Å². The van der Waals surface area contributed by atoms with Crippen molar-refractivity contribution in [1.29, 1.82) is 0 Å². The van der Waals surface area contributed by atoms with Crippen LogP contribution in [0, 0.1) is 5.92 Å². The Morgan fingerprint density at radius 1 is 1.42 bits per heavy atom. The number of carbonyl (C=O) groups is 2. The third-order valence-electron chi connectivity index (χ3n) is 4.09. The molecule has 0 aliphatic carbocycles. The minimum absolute atomic E-state index is 0. The van der Waals surface area contributed by atoms with Crippen molar-refractivity contribution < 1.29 is 19.4 Å². The zero-order chi connectivity index (χ0) is 16.8. The first-order valence-electron chi connectivity index (χ1n) is 7.61. The lowest BCUT2D eigenvalue weighted by Gasteiger charge is -2.30. The van der Waals surface area contributed by atoms with Crippen LogP contribution in [0.3, 0.4) is 0 Å². The molecular weight excluding hydrogens is 332 g/mol. The molecule has 6 nitrogen and oxygen atoms in total. The van der Waals surface area contributed by atoms with Crippen LogP contribution in [0.1, 0.15) is 18.4 Å². The largest absolute Gasteiger partial charge is 0.481 e. The average molecular weight is 355 g/mol. The molecule has 1 amide bonds. The molecule has 132 valence electrons. The molecule has 0 saturated carbocycles. The van der Waals surface area contributed by atoms with E-state index in [4.69, 9.17) is 10.5 Å². The van der Waals surface area contributed by atoms with Crippen LogP contribution in [0.5, 0.6) is 0 Å². The lowest BCUT2D eigenvalue weighted by atomic mass is 9.91. The van der Waals surface area contributed by atoms with E-state index in [-0.39, 0.29) is 31.5 Å². The van der Waals surface area contributed by atoms with E-state index in [0.717, 1.165) is 5.56 Å². The molecule has 1 heterocycles. The topological polar surface area (TPSA) is 92.9 Å². The van der Waals surface area contributed by atoms with Gasteiger partial charge in [-0.3, -0.25) is 4.79 Å².